The molecule has 2 aromatic carbocycles. The van der Waals surface area contributed by atoms with E-state index in [-0.39, 0.29) is 49.2 Å². The number of amides is 3. The molecule has 3 amide bonds. The highest BCUT2D eigenvalue weighted by Gasteiger charge is 2.55. The van der Waals surface area contributed by atoms with Gasteiger partial charge in [-0.1, -0.05) is 52.2 Å². The van der Waals surface area contributed by atoms with Gasteiger partial charge in [0.25, 0.3) is 5.91 Å². The van der Waals surface area contributed by atoms with Crippen LogP contribution in [0.25, 0.3) is 0 Å². The van der Waals surface area contributed by atoms with Crippen molar-refractivity contribution < 1.29 is 34.1 Å². The van der Waals surface area contributed by atoms with Crippen LogP contribution in [0.3, 0.4) is 0 Å². The average Bonchev–Trinajstić information content (AvgIpc) is 3.07. The average molecular weight is 675 g/mol. The molecule has 0 radical (unpaired) electrons. The molecule has 2 heterocycles. The molecule has 2 aromatic rings. The number of aliphatic hydroxyl groups is 2. The van der Waals surface area contributed by atoms with Gasteiger partial charge in [0.15, 0.2) is 11.5 Å². The third kappa shape index (κ3) is 8.76. The first kappa shape index (κ1) is 38.1. The van der Waals surface area contributed by atoms with Crippen molar-refractivity contribution in [3.8, 4) is 17.2 Å². The number of likely N-dealkylation sites (tertiary alicyclic amines) is 1. The maximum Gasteiger partial charge on any atom is 0.251 e. The van der Waals surface area contributed by atoms with Crippen LogP contribution in [0, 0.1) is 5.92 Å². The Bertz CT molecular complexity index is 1330. The Morgan fingerprint density at radius 2 is 1.74 bits per heavy atom. The molecule has 0 saturated carbocycles. The summed E-state index contributed by atoms with van der Waals surface area (Å²) in [5.41, 5.74) is 0.601. The van der Waals surface area contributed by atoms with E-state index in [0.29, 0.717) is 61.8 Å². The number of aliphatic hydroxyl groups excluding tert-OH is 2. The summed E-state index contributed by atoms with van der Waals surface area (Å²) in [6.07, 6.45) is 3.38. The fraction of sp³-hybridized carbons (Fsp3) is 0.571. The number of ether oxygens (including phenoxy) is 2. The van der Waals surface area contributed by atoms with E-state index in [1.807, 2.05) is 38.1 Å². The van der Waals surface area contributed by atoms with Crippen molar-refractivity contribution in [1.29, 1.82) is 0 Å². The number of piperazine rings is 1. The molecule has 11 nitrogen and oxygen atoms in total. The zero-order chi connectivity index (χ0) is 33.3. The third-order valence-corrected chi connectivity index (χ3v) is 9.43. The number of unbranched alkanes of at least 4 members (excludes halogenated alkanes) is 1. The molecule has 4 N–H and O–H groups in total. The summed E-state index contributed by atoms with van der Waals surface area (Å²) in [6, 6.07) is 11.8. The molecule has 0 aromatic heterocycles. The van der Waals surface area contributed by atoms with Gasteiger partial charge in [-0.2, -0.15) is 0 Å². The number of nitrogens with one attached hydrogen (secondary N) is 2. The monoisotopic (exact) mass is 674 g/mol. The lowest BCUT2D eigenvalue weighted by molar-refractivity contribution is -0.165. The fourth-order valence-corrected chi connectivity index (χ4v) is 6.55. The normalized spacial score (nSPS) is 18.4. The van der Waals surface area contributed by atoms with Crippen LogP contribution in [0.4, 0.5) is 0 Å². The second-order valence-corrected chi connectivity index (χ2v) is 12.3. The van der Waals surface area contributed by atoms with Crippen LogP contribution in [-0.2, 0) is 16.1 Å². The predicted molar refractivity (Wildman–Crippen MR) is 182 cm³/mol. The molecule has 4 rings (SSSR count). The summed E-state index contributed by atoms with van der Waals surface area (Å²) in [6.45, 7) is 8.64. The lowest BCUT2D eigenvalue weighted by Crippen LogP contribution is -2.75. The second kappa shape index (κ2) is 17.7. The summed E-state index contributed by atoms with van der Waals surface area (Å²) in [7, 11) is 1.51. The summed E-state index contributed by atoms with van der Waals surface area (Å²) < 4.78 is 11.5. The number of rotatable bonds is 15. The van der Waals surface area contributed by atoms with Crippen molar-refractivity contribution in [2.45, 2.75) is 83.5 Å². The molecule has 2 aliphatic heterocycles. The molecule has 12 heteroatoms. The van der Waals surface area contributed by atoms with E-state index in [9.17, 15) is 19.5 Å². The first-order valence-electron chi connectivity index (χ1n) is 16.6. The zero-order valence-corrected chi connectivity index (χ0v) is 28.8. The van der Waals surface area contributed by atoms with E-state index < -0.39 is 17.7 Å². The number of carbonyl (C=O) groups is 3. The Morgan fingerprint density at radius 1 is 1.06 bits per heavy atom. The van der Waals surface area contributed by atoms with Crippen LogP contribution in [0.15, 0.2) is 42.5 Å². The predicted octanol–water partition coefficient (Wildman–Crippen LogP) is 3.89. The lowest BCUT2D eigenvalue weighted by Gasteiger charge is -2.52. The number of piperidine rings is 1. The van der Waals surface area contributed by atoms with Gasteiger partial charge in [0, 0.05) is 38.3 Å². The van der Waals surface area contributed by atoms with Crippen LogP contribution in [-0.4, -0.2) is 95.3 Å². The lowest BCUT2D eigenvalue weighted by atomic mass is 9.79. The van der Waals surface area contributed by atoms with Crippen LogP contribution in [0.5, 0.6) is 17.2 Å². The highest BCUT2D eigenvalue weighted by atomic mass is 35.5. The Morgan fingerprint density at radius 3 is 2.34 bits per heavy atom. The number of hydrogen-bond acceptors (Lipinski definition) is 8. The molecule has 0 unspecified atom stereocenters. The minimum atomic E-state index is -0.899. The van der Waals surface area contributed by atoms with Crippen LogP contribution >= 0.6 is 12.4 Å². The van der Waals surface area contributed by atoms with Crippen LogP contribution in [0.2, 0.25) is 0 Å². The van der Waals surface area contributed by atoms with E-state index in [2.05, 4.69) is 22.5 Å². The van der Waals surface area contributed by atoms with E-state index in [1.165, 1.54) is 7.11 Å². The van der Waals surface area contributed by atoms with E-state index in [0.717, 1.165) is 31.2 Å². The molecule has 1 spiro atoms. The van der Waals surface area contributed by atoms with Gasteiger partial charge in [-0.3, -0.25) is 19.3 Å². The number of nitrogens with zero attached hydrogens (tertiary/aromatic N) is 2. The molecule has 47 heavy (non-hydrogen) atoms. The fourth-order valence-electron chi connectivity index (χ4n) is 6.55. The SMILES string of the molecule is CCCCN1C(=O)[C@@H]([C@H](O)C(CC)CC)NC(=O)C12CCN(Cc1ccc(Oc3ccc(C(=O)NCCO)cc3OC)cc1)CC2.Cl. The topological polar surface area (TPSA) is 141 Å². The van der Waals surface area contributed by atoms with Gasteiger partial charge in [0.2, 0.25) is 11.8 Å². The molecule has 260 valence electrons. The zero-order valence-electron chi connectivity index (χ0n) is 28.0. The summed E-state index contributed by atoms with van der Waals surface area (Å²) >= 11 is 0. The number of hydrogen-bond donors (Lipinski definition) is 4. The quantitative estimate of drug-likeness (QED) is 0.223. The highest BCUT2D eigenvalue weighted by Crippen LogP contribution is 2.36. The Hall–Kier alpha value is -3.38. The number of methoxy groups -OCH3 is 1. The highest BCUT2D eigenvalue weighted by molar-refractivity contribution is 6.00. The van der Waals surface area contributed by atoms with Crippen molar-refractivity contribution in [3.05, 3.63) is 53.6 Å². The largest absolute Gasteiger partial charge is 0.493 e. The van der Waals surface area contributed by atoms with Gasteiger partial charge in [-0.05, 0) is 61.1 Å². The molecule has 0 aliphatic carbocycles. The van der Waals surface area contributed by atoms with Gasteiger partial charge in [-0.25, -0.2) is 0 Å². The first-order chi connectivity index (χ1) is 22.2. The van der Waals surface area contributed by atoms with Gasteiger partial charge in [0.1, 0.15) is 17.3 Å². The Balaban J connectivity index is 0.00000600. The molecule has 2 fully saturated rings. The number of carbonyl (C=O) groups excluding carboxylic acids is 3. The molecular weight excluding hydrogens is 624 g/mol. The number of benzene rings is 2. The smallest absolute Gasteiger partial charge is 0.251 e. The van der Waals surface area contributed by atoms with E-state index in [1.54, 1.807) is 23.1 Å². The Kier molecular flexibility index (Phi) is 14.3. The molecule has 2 atom stereocenters. The summed E-state index contributed by atoms with van der Waals surface area (Å²) in [4.78, 5) is 43.8. The van der Waals surface area contributed by atoms with Crippen molar-refractivity contribution in [3.63, 3.8) is 0 Å². The molecule has 0 bridgehead atoms. The van der Waals surface area contributed by atoms with Crippen molar-refractivity contribution in [1.82, 2.24) is 20.4 Å². The van der Waals surface area contributed by atoms with Gasteiger partial charge < -0.3 is 35.2 Å². The minimum absolute atomic E-state index is 0. The maximum absolute atomic E-state index is 13.8. The minimum Gasteiger partial charge on any atom is -0.493 e. The summed E-state index contributed by atoms with van der Waals surface area (Å²) in [5.74, 6) is 0.841. The second-order valence-electron chi connectivity index (χ2n) is 12.3. The van der Waals surface area contributed by atoms with Crippen molar-refractivity contribution in [2.75, 3.05) is 39.9 Å². The van der Waals surface area contributed by atoms with Gasteiger partial charge in [-0.15, -0.1) is 12.4 Å². The molecule has 2 aliphatic rings. The van der Waals surface area contributed by atoms with Gasteiger partial charge >= 0.3 is 0 Å². The number of halogens is 1. The van der Waals surface area contributed by atoms with Crippen molar-refractivity contribution >= 4 is 30.1 Å². The molecule has 2 saturated heterocycles. The maximum atomic E-state index is 13.8. The standard InChI is InChI=1S/C35H50N4O7.ClH/c1-5-8-18-39-33(43)30(31(41)25(6-2)7-3)37-34(44)35(39)15-19-38(20-16-35)23-24-9-12-27(13-10-24)46-28-14-11-26(22-29(28)45-4)32(42)36-17-21-40;/h9-14,22,25,30-31,40-41H,5-8,15-21,23H2,1-4H3,(H,36,42)(H,37,44);1H/t30-,31-;/m1./s1. The van der Waals surface area contributed by atoms with E-state index >= 15 is 0 Å². The first-order valence-corrected chi connectivity index (χ1v) is 16.6. The van der Waals surface area contributed by atoms with Crippen LogP contribution < -0.4 is 20.1 Å². The summed E-state index contributed by atoms with van der Waals surface area (Å²) in [5, 5.41) is 25.5. The molecular formula is C35H51ClN4O7. The Labute approximate surface area is 284 Å². The van der Waals surface area contributed by atoms with Crippen molar-refractivity contribution in [2.24, 2.45) is 5.92 Å². The van der Waals surface area contributed by atoms with E-state index in [4.69, 9.17) is 14.6 Å². The third-order valence-electron chi connectivity index (χ3n) is 9.43. The van der Waals surface area contributed by atoms with Crippen LogP contribution in [0.1, 0.15) is 75.2 Å². The van der Waals surface area contributed by atoms with Gasteiger partial charge in [0.05, 0.1) is 19.8 Å².